The van der Waals surface area contributed by atoms with Gasteiger partial charge < -0.3 is 10.7 Å². The Bertz CT molecular complexity index is 175. The molecule has 1 heterocycles. The summed E-state index contributed by atoms with van der Waals surface area (Å²) in [6.45, 7) is 0. The van der Waals surface area contributed by atoms with Crippen LogP contribution in [-0.4, -0.2) is 10.1 Å². The number of rotatable bonds is 0. The highest BCUT2D eigenvalue weighted by Crippen LogP contribution is 1.78. The van der Waals surface area contributed by atoms with E-state index < -0.39 is 0 Å². The first-order valence-electron chi connectivity index (χ1n) is 2.32. The van der Waals surface area contributed by atoms with Gasteiger partial charge in [-0.3, -0.25) is 5.43 Å². The van der Waals surface area contributed by atoms with Gasteiger partial charge in [-0.05, 0) is 18.3 Å². The third-order valence-electron chi connectivity index (χ3n) is 0.740. The van der Waals surface area contributed by atoms with E-state index in [0.717, 1.165) is 0 Å². The maximum Gasteiger partial charge on any atom is 0.190 e. The summed E-state index contributed by atoms with van der Waals surface area (Å²) in [7, 11) is 0. The zero-order chi connectivity index (χ0) is 6.69. The van der Waals surface area contributed by atoms with E-state index in [4.69, 9.17) is 24.4 Å². The van der Waals surface area contributed by atoms with Crippen molar-refractivity contribution < 1.29 is 0 Å². The van der Waals surface area contributed by atoms with Crippen molar-refractivity contribution in [3.8, 4) is 0 Å². The lowest BCUT2D eigenvalue weighted by atomic mass is 10.6. The Morgan fingerprint density at radius 3 is 2.89 bits per heavy atom. The van der Waals surface area contributed by atoms with Gasteiger partial charge in [0.15, 0.2) is 5.11 Å². The van der Waals surface area contributed by atoms with Gasteiger partial charge in [-0.25, -0.2) is 0 Å². The topological polar surface area (TPSA) is 36.1 Å². The zero-order valence-corrected chi connectivity index (χ0v) is 6.10. The number of hydrazine groups is 1. The second kappa shape index (κ2) is 2.75. The standard InChI is InChI=1S/C4H5N3S2/c8-3-1-2-5-7-4(9)6-3/h1-2,5H,(H2,6,7,8,9). The Kier molecular flexibility index (Phi) is 1.96. The molecule has 0 aromatic rings. The predicted octanol–water partition coefficient (Wildman–Crippen LogP) is -0.190. The van der Waals surface area contributed by atoms with Crippen molar-refractivity contribution in [3.63, 3.8) is 0 Å². The lowest BCUT2D eigenvalue weighted by molar-refractivity contribution is 0.822. The van der Waals surface area contributed by atoms with Gasteiger partial charge in [0.1, 0.15) is 4.99 Å². The summed E-state index contributed by atoms with van der Waals surface area (Å²) in [6.07, 6.45) is 3.39. The predicted molar refractivity (Wildman–Crippen MR) is 43.7 cm³/mol. The van der Waals surface area contributed by atoms with Crippen LogP contribution in [0, 0.1) is 0 Å². The summed E-state index contributed by atoms with van der Waals surface area (Å²) < 4.78 is 0. The molecule has 0 aromatic heterocycles. The number of hydrogen-bond acceptors (Lipinski definition) is 3. The minimum Gasteiger partial charge on any atom is -0.322 e. The van der Waals surface area contributed by atoms with Gasteiger partial charge >= 0.3 is 0 Å². The SMILES string of the molecule is S=C1C=CNNC(=S)N1. The monoisotopic (exact) mass is 159 g/mol. The van der Waals surface area contributed by atoms with Crippen LogP contribution >= 0.6 is 24.4 Å². The van der Waals surface area contributed by atoms with Gasteiger partial charge in [0.25, 0.3) is 0 Å². The summed E-state index contributed by atoms with van der Waals surface area (Å²) in [4.78, 5) is 0.609. The smallest absolute Gasteiger partial charge is 0.190 e. The minimum absolute atomic E-state index is 0.491. The van der Waals surface area contributed by atoms with Crippen LogP contribution < -0.4 is 16.2 Å². The number of hydrogen-bond donors (Lipinski definition) is 3. The van der Waals surface area contributed by atoms with Gasteiger partial charge in [0.05, 0.1) is 0 Å². The zero-order valence-electron chi connectivity index (χ0n) is 4.47. The molecule has 0 atom stereocenters. The van der Waals surface area contributed by atoms with Crippen molar-refractivity contribution in [1.29, 1.82) is 0 Å². The molecular weight excluding hydrogens is 154 g/mol. The van der Waals surface area contributed by atoms with E-state index in [1.807, 2.05) is 0 Å². The molecule has 0 bridgehead atoms. The van der Waals surface area contributed by atoms with E-state index in [2.05, 4.69) is 16.2 Å². The quantitative estimate of drug-likeness (QED) is 0.427. The fourth-order valence-electron chi connectivity index (χ4n) is 0.409. The Morgan fingerprint density at radius 1 is 1.33 bits per heavy atom. The highest BCUT2D eigenvalue weighted by molar-refractivity contribution is 7.82. The van der Waals surface area contributed by atoms with E-state index >= 15 is 0 Å². The lowest BCUT2D eigenvalue weighted by Gasteiger charge is -2.02. The molecule has 0 saturated heterocycles. The maximum atomic E-state index is 4.80. The average Bonchev–Trinajstić information content (AvgIpc) is 1.93. The molecule has 0 aliphatic carbocycles. The summed E-state index contributed by atoms with van der Waals surface area (Å²) in [5, 5.41) is 3.23. The van der Waals surface area contributed by atoms with Gasteiger partial charge in [0, 0.05) is 6.20 Å². The van der Waals surface area contributed by atoms with Crippen molar-refractivity contribution in [2.75, 3.05) is 0 Å². The van der Waals surface area contributed by atoms with Crippen molar-refractivity contribution in [2.45, 2.75) is 0 Å². The molecular formula is C4H5N3S2. The Morgan fingerprint density at radius 2 is 2.11 bits per heavy atom. The molecule has 48 valence electrons. The molecule has 0 fully saturated rings. The summed E-state index contributed by atoms with van der Waals surface area (Å²) in [5.74, 6) is 0. The van der Waals surface area contributed by atoms with E-state index in [0.29, 0.717) is 10.1 Å². The lowest BCUT2D eigenvalue weighted by Crippen LogP contribution is -2.40. The highest BCUT2D eigenvalue weighted by atomic mass is 32.1. The third kappa shape index (κ3) is 1.95. The molecule has 3 nitrogen and oxygen atoms in total. The van der Waals surface area contributed by atoms with Crippen LogP contribution in [0.15, 0.2) is 12.3 Å². The van der Waals surface area contributed by atoms with Gasteiger partial charge in [-0.2, -0.15) is 0 Å². The molecule has 1 rings (SSSR count). The second-order valence-electron chi connectivity index (χ2n) is 1.42. The number of thiocarbonyl (C=S) groups is 2. The summed E-state index contributed by atoms with van der Waals surface area (Å²) in [5.41, 5.74) is 5.38. The van der Waals surface area contributed by atoms with Crippen molar-refractivity contribution in [3.05, 3.63) is 12.3 Å². The molecule has 1 aliphatic rings. The molecule has 0 radical (unpaired) electrons. The minimum atomic E-state index is 0.491. The van der Waals surface area contributed by atoms with E-state index in [1.165, 1.54) is 0 Å². The first kappa shape index (κ1) is 6.44. The van der Waals surface area contributed by atoms with E-state index in [9.17, 15) is 0 Å². The van der Waals surface area contributed by atoms with Crippen LogP contribution in [0.3, 0.4) is 0 Å². The van der Waals surface area contributed by atoms with Crippen molar-refractivity contribution in [2.24, 2.45) is 0 Å². The second-order valence-corrected chi connectivity index (χ2v) is 2.27. The fraction of sp³-hybridized carbons (Fsp3) is 0. The molecule has 0 saturated carbocycles. The largest absolute Gasteiger partial charge is 0.322 e. The van der Waals surface area contributed by atoms with Crippen LogP contribution in [0.25, 0.3) is 0 Å². The van der Waals surface area contributed by atoms with Crippen LogP contribution in [0.5, 0.6) is 0 Å². The molecule has 0 amide bonds. The summed E-state index contributed by atoms with van der Waals surface area (Å²) in [6, 6.07) is 0. The molecule has 0 unspecified atom stereocenters. The van der Waals surface area contributed by atoms with Gasteiger partial charge in [-0.15, -0.1) is 0 Å². The summed E-state index contributed by atoms with van der Waals surface area (Å²) >= 11 is 9.56. The van der Waals surface area contributed by atoms with Crippen molar-refractivity contribution in [1.82, 2.24) is 16.2 Å². The van der Waals surface area contributed by atoms with Crippen LogP contribution in [0.4, 0.5) is 0 Å². The first-order valence-corrected chi connectivity index (χ1v) is 3.14. The Labute approximate surface area is 63.5 Å². The molecule has 9 heavy (non-hydrogen) atoms. The fourth-order valence-corrected chi connectivity index (χ4v) is 0.813. The van der Waals surface area contributed by atoms with E-state index in [1.54, 1.807) is 12.3 Å². The maximum absolute atomic E-state index is 4.80. The van der Waals surface area contributed by atoms with Gasteiger partial charge in [-0.1, -0.05) is 12.2 Å². The Balaban J connectivity index is 2.61. The molecule has 0 aromatic carbocycles. The van der Waals surface area contributed by atoms with Gasteiger partial charge in [0.2, 0.25) is 0 Å². The third-order valence-corrected chi connectivity index (χ3v) is 1.18. The molecule has 5 heteroatoms. The molecule has 0 spiro atoms. The highest BCUT2D eigenvalue weighted by Gasteiger charge is 1.97. The normalized spacial score (nSPS) is 17.3. The van der Waals surface area contributed by atoms with E-state index in [-0.39, 0.29) is 0 Å². The average molecular weight is 159 g/mol. The van der Waals surface area contributed by atoms with Crippen molar-refractivity contribution >= 4 is 34.5 Å². The van der Waals surface area contributed by atoms with Crippen LogP contribution in [-0.2, 0) is 0 Å². The molecule has 1 aliphatic heterocycles. The number of nitrogens with one attached hydrogen (secondary N) is 3. The van der Waals surface area contributed by atoms with Crippen LogP contribution in [0.2, 0.25) is 0 Å². The molecule has 3 N–H and O–H groups in total. The first-order chi connectivity index (χ1) is 4.29. The van der Waals surface area contributed by atoms with Crippen LogP contribution in [0.1, 0.15) is 0 Å². The Hall–Kier alpha value is -0.680.